The summed E-state index contributed by atoms with van der Waals surface area (Å²) in [6.07, 6.45) is 5.25. The summed E-state index contributed by atoms with van der Waals surface area (Å²) in [5.74, 6) is 0.556. The van der Waals surface area contributed by atoms with E-state index in [1.54, 1.807) is 0 Å². The molecule has 0 bridgehead atoms. The fourth-order valence-electron chi connectivity index (χ4n) is 3.24. The number of hydrogen-bond acceptors (Lipinski definition) is 5. The summed E-state index contributed by atoms with van der Waals surface area (Å²) in [5.41, 5.74) is 0. The van der Waals surface area contributed by atoms with E-state index in [2.05, 4.69) is 5.32 Å². The normalized spacial score (nSPS) is 33.5. The molecule has 0 amide bonds. The SMILES string of the molecule is CCOC(=O)C1CCC(NC2CCCS(=O)(=O)C2)CC1. The second kappa shape index (κ2) is 6.89. The largest absolute Gasteiger partial charge is 0.466 e. The van der Waals surface area contributed by atoms with Crippen LogP contribution in [0.1, 0.15) is 45.4 Å². The molecule has 1 saturated carbocycles. The van der Waals surface area contributed by atoms with E-state index in [9.17, 15) is 13.2 Å². The topological polar surface area (TPSA) is 72.5 Å². The highest BCUT2D eigenvalue weighted by Crippen LogP contribution is 2.26. The molecule has 116 valence electrons. The first-order valence-electron chi connectivity index (χ1n) is 7.63. The van der Waals surface area contributed by atoms with Crippen molar-refractivity contribution in [1.29, 1.82) is 0 Å². The zero-order valence-electron chi connectivity index (χ0n) is 12.1. The highest BCUT2D eigenvalue weighted by atomic mass is 32.2. The summed E-state index contributed by atoms with van der Waals surface area (Å²) in [5, 5.41) is 3.47. The van der Waals surface area contributed by atoms with Crippen molar-refractivity contribution in [2.75, 3.05) is 18.1 Å². The van der Waals surface area contributed by atoms with Crippen molar-refractivity contribution in [2.45, 2.75) is 57.5 Å². The molecule has 20 heavy (non-hydrogen) atoms. The lowest BCUT2D eigenvalue weighted by molar-refractivity contribution is -0.149. The first kappa shape index (κ1) is 15.8. The van der Waals surface area contributed by atoms with Gasteiger partial charge in [-0.2, -0.15) is 0 Å². The first-order chi connectivity index (χ1) is 9.50. The van der Waals surface area contributed by atoms with Crippen LogP contribution in [0.25, 0.3) is 0 Å². The van der Waals surface area contributed by atoms with Gasteiger partial charge in [0.15, 0.2) is 9.84 Å². The number of hydrogen-bond donors (Lipinski definition) is 1. The van der Waals surface area contributed by atoms with E-state index in [-0.39, 0.29) is 23.7 Å². The van der Waals surface area contributed by atoms with Crippen molar-refractivity contribution in [3.05, 3.63) is 0 Å². The molecule has 0 aromatic carbocycles. The molecular formula is C14H25NO4S. The van der Waals surface area contributed by atoms with Gasteiger partial charge in [0.05, 0.1) is 24.0 Å². The molecule has 1 saturated heterocycles. The van der Waals surface area contributed by atoms with E-state index in [4.69, 9.17) is 4.74 Å². The van der Waals surface area contributed by atoms with E-state index in [1.165, 1.54) is 0 Å². The number of carbonyl (C=O) groups is 1. The van der Waals surface area contributed by atoms with Crippen LogP contribution in [-0.4, -0.2) is 44.6 Å². The molecule has 0 aromatic rings. The average Bonchev–Trinajstić information content (AvgIpc) is 2.38. The zero-order valence-corrected chi connectivity index (χ0v) is 13.0. The molecule has 2 aliphatic rings. The molecule has 0 aromatic heterocycles. The van der Waals surface area contributed by atoms with Gasteiger partial charge >= 0.3 is 5.97 Å². The molecular weight excluding hydrogens is 278 g/mol. The molecule has 2 rings (SSSR count). The molecule has 1 aliphatic carbocycles. The van der Waals surface area contributed by atoms with Crippen LogP contribution in [0.4, 0.5) is 0 Å². The third-order valence-corrected chi connectivity index (χ3v) is 6.10. The molecule has 0 spiro atoms. The fraction of sp³-hybridized carbons (Fsp3) is 0.929. The van der Waals surface area contributed by atoms with E-state index < -0.39 is 9.84 Å². The predicted molar refractivity (Wildman–Crippen MR) is 77.2 cm³/mol. The van der Waals surface area contributed by atoms with Gasteiger partial charge in [-0.05, 0) is 45.4 Å². The molecule has 1 heterocycles. The Labute approximate surface area is 121 Å². The number of esters is 1. The van der Waals surface area contributed by atoms with Gasteiger partial charge in [-0.15, -0.1) is 0 Å². The number of carbonyl (C=O) groups excluding carboxylic acids is 1. The Balaban J connectivity index is 1.75. The maximum atomic E-state index is 11.7. The summed E-state index contributed by atoms with van der Waals surface area (Å²) in [6.45, 7) is 2.27. The minimum absolute atomic E-state index is 0.0306. The Morgan fingerprint density at radius 1 is 1.15 bits per heavy atom. The van der Waals surface area contributed by atoms with E-state index in [1.807, 2.05) is 6.92 Å². The molecule has 6 heteroatoms. The predicted octanol–water partition coefficient (Wildman–Crippen LogP) is 1.28. The van der Waals surface area contributed by atoms with Crippen LogP contribution in [0.5, 0.6) is 0 Å². The summed E-state index contributed by atoms with van der Waals surface area (Å²) < 4.78 is 28.3. The van der Waals surface area contributed by atoms with Gasteiger partial charge in [-0.1, -0.05) is 0 Å². The van der Waals surface area contributed by atoms with Gasteiger partial charge in [0.25, 0.3) is 0 Å². The summed E-state index contributed by atoms with van der Waals surface area (Å²) in [7, 11) is -2.85. The van der Waals surface area contributed by atoms with Crippen LogP contribution in [-0.2, 0) is 19.4 Å². The lowest BCUT2D eigenvalue weighted by Crippen LogP contribution is -2.46. The van der Waals surface area contributed by atoms with Gasteiger partial charge in [0, 0.05) is 12.1 Å². The first-order valence-corrected chi connectivity index (χ1v) is 9.45. The van der Waals surface area contributed by atoms with Crippen LogP contribution in [0, 0.1) is 5.92 Å². The Hall–Kier alpha value is -0.620. The van der Waals surface area contributed by atoms with Gasteiger partial charge in [-0.3, -0.25) is 4.79 Å². The highest BCUT2D eigenvalue weighted by molar-refractivity contribution is 7.91. The second-order valence-corrected chi connectivity index (χ2v) is 8.15. The molecule has 0 radical (unpaired) electrons. The molecule has 5 nitrogen and oxygen atoms in total. The van der Waals surface area contributed by atoms with Gasteiger partial charge in [0.1, 0.15) is 0 Å². The minimum Gasteiger partial charge on any atom is -0.466 e. The maximum absolute atomic E-state index is 11.7. The Morgan fingerprint density at radius 3 is 2.45 bits per heavy atom. The van der Waals surface area contributed by atoms with Gasteiger partial charge in [-0.25, -0.2) is 8.42 Å². The molecule has 1 aliphatic heterocycles. The van der Waals surface area contributed by atoms with Gasteiger partial charge in [0.2, 0.25) is 0 Å². The Morgan fingerprint density at radius 2 is 1.85 bits per heavy atom. The molecule has 1 unspecified atom stereocenters. The van der Waals surface area contributed by atoms with Crippen LogP contribution in [0.3, 0.4) is 0 Å². The third kappa shape index (κ3) is 4.45. The number of ether oxygens (including phenoxy) is 1. The van der Waals surface area contributed by atoms with Crippen LogP contribution in [0.15, 0.2) is 0 Å². The maximum Gasteiger partial charge on any atom is 0.308 e. The number of sulfone groups is 1. The van der Waals surface area contributed by atoms with Crippen LogP contribution < -0.4 is 5.32 Å². The Bertz CT molecular complexity index is 426. The smallest absolute Gasteiger partial charge is 0.308 e. The van der Waals surface area contributed by atoms with Crippen molar-refractivity contribution in [1.82, 2.24) is 5.32 Å². The lowest BCUT2D eigenvalue weighted by Gasteiger charge is -2.32. The fourth-order valence-corrected chi connectivity index (χ4v) is 4.89. The third-order valence-electron chi connectivity index (χ3n) is 4.28. The zero-order chi connectivity index (χ0) is 14.6. The van der Waals surface area contributed by atoms with Crippen molar-refractivity contribution < 1.29 is 17.9 Å². The van der Waals surface area contributed by atoms with E-state index in [0.717, 1.165) is 38.5 Å². The van der Waals surface area contributed by atoms with Crippen molar-refractivity contribution in [3.63, 3.8) is 0 Å². The lowest BCUT2D eigenvalue weighted by atomic mass is 9.85. The van der Waals surface area contributed by atoms with Crippen LogP contribution in [0.2, 0.25) is 0 Å². The Kier molecular flexibility index (Phi) is 5.43. The summed E-state index contributed by atoms with van der Waals surface area (Å²) >= 11 is 0. The molecule has 1 atom stereocenters. The van der Waals surface area contributed by atoms with Crippen molar-refractivity contribution in [2.24, 2.45) is 5.92 Å². The monoisotopic (exact) mass is 303 g/mol. The highest BCUT2D eigenvalue weighted by Gasteiger charge is 2.30. The quantitative estimate of drug-likeness (QED) is 0.792. The summed E-state index contributed by atoms with van der Waals surface area (Å²) in [4.78, 5) is 11.7. The van der Waals surface area contributed by atoms with E-state index >= 15 is 0 Å². The number of rotatable bonds is 4. The van der Waals surface area contributed by atoms with Crippen LogP contribution >= 0.6 is 0 Å². The molecule has 1 N–H and O–H groups in total. The molecule has 2 fully saturated rings. The second-order valence-electron chi connectivity index (χ2n) is 5.92. The van der Waals surface area contributed by atoms with Gasteiger partial charge < -0.3 is 10.1 Å². The van der Waals surface area contributed by atoms with Crippen molar-refractivity contribution in [3.8, 4) is 0 Å². The standard InChI is InChI=1S/C14H25NO4S/c1-2-19-14(16)11-5-7-12(8-6-11)15-13-4-3-9-20(17,18)10-13/h11-13,15H,2-10H2,1H3. The average molecular weight is 303 g/mol. The van der Waals surface area contributed by atoms with Crippen molar-refractivity contribution >= 4 is 15.8 Å². The number of nitrogens with one attached hydrogen (secondary N) is 1. The van der Waals surface area contributed by atoms with E-state index in [0.29, 0.717) is 18.4 Å². The minimum atomic E-state index is -2.85. The summed E-state index contributed by atoms with van der Waals surface area (Å²) in [6, 6.07) is 0.442.